The molecule has 22 heavy (non-hydrogen) atoms. The second-order valence-corrected chi connectivity index (χ2v) is 5.77. The first kappa shape index (κ1) is 14.4. The summed E-state index contributed by atoms with van der Waals surface area (Å²) < 4.78 is 5.25. The van der Waals surface area contributed by atoms with Gasteiger partial charge >= 0.3 is 0 Å². The van der Waals surface area contributed by atoms with Crippen LogP contribution in [-0.4, -0.2) is 13.0 Å². The van der Waals surface area contributed by atoms with Crippen LogP contribution in [-0.2, 0) is 0 Å². The molecule has 0 saturated carbocycles. The minimum atomic E-state index is -0.128. The van der Waals surface area contributed by atoms with Crippen molar-refractivity contribution in [2.75, 3.05) is 12.4 Å². The number of carbonyl (C=O) groups excluding carboxylic acids is 1. The molecule has 1 heterocycles. The van der Waals surface area contributed by atoms with Crippen molar-refractivity contribution in [2.45, 2.75) is 0 Å². The van der Waals surface area contributed by atoms with Crippen molar-refractivity contribution in [1.29, 1.82) is 0 Å². The maximum atomic E-state index is 12.4. The maximum Gasteiger partial charge on any atom is 0.265 e. The zero-order valence-corrected chi connectivity index (χ0v) is 12.9. The lowest BCUT2D eigenvalue weighted by molar-refractivity contribution is 0.103. The van der Waals surface area contributed by atoms with Gasteiger partial charge in [-0.15, -0.1) is 11.3 Å². The molecule has 0 atom stereocenters. The van der Waals surface area contributed by atoms with Crippen LogP contribution < -0.4 is 10.1 Å². The lowest BCUT2D eigenvalue weighted by Crippen LogP contribution is -2.10. The first-order chi connectivity index (χ1) is 10.8. The molecule has 0 aliphatic heterocycles. The highest BCUT2D eigenvalue weighted by Crippen LogP contribution is 2.29. The van der Waals surface area contributed by atoms with E-state index in [1.165, 1.54) is 11.3 Å². The van der Waals surface area contributed by atoms with Gasteiger partial charge in [-0.2, -0.15) is 0 Å². The number of thiophene rings is 1. The van der Waals surface area contributed by atoms with Crippen LogP contribution in [0.1, 0.15) is 9.67 Å². The summed E-state index contributed by atoms with van der Waals surface area (Å²) in [6.45, 7) is 0. The third-order valence-corrected chi connectivity index (χ3v) is 4.38. The highest BCUT2D eigenvalue weighted by Gasteiger charge is 2.12. The van der Waals surface area contributed by atoms with Crippen molar-refractivity contribution >= 4 is 22.9 Å². The SMILES string of the molecule is COc1ccccc1NC(=O)c1ccc(-c2ccccc2)s1. The molecule has 110 valence electrons. The maximum absolute atomic E-state index is 12.4. The van der Waals surface area contributed by atoms with Crippen LogP contribution in [0, 0.1) is 0 Å². The standard InChI is InChI=1S/C18H15NO2S/c1-21-15-10-6-5-9-14(15)19-18(20)17-12-11-16(22-17)13-7-3-2-4-8-13/h2-12H,1H3,(H,19,20). The van der Waals surface area contributed by atoms with E-state index in [2.05, 4.69) is 5.32 Å². The molecule has 0 aliphatic carbocycles. The van der Waals surface area contributed by atoms with E-state index in [0.29, 0.717) is 16.3 Å². The van der Waals surface area contributed by atoms with E-state index in [-0.39, 0.29) is 5.91 Å². The summed E-state index contributed by atoms with van der Waals surface area (Å²) in [4.78, 5) is 14.1. The Morgan fingerprint density at radius 3 is 2.45 bits per heavy atom. The van der Waals surface area contributed by atoms with Gasteiger partial charge in [-0.05, 0) is 29.8 Å². The van der Waals surface area contributed by atoms with Gasteiger partial charge in [-0.1, -0.05) is 42.5 Å². The molecule has 0 fully saturated rings. The molecule has 3 nitrogen and oxygen atoms in total. The zero-order valence-electron chi connectivity index (χ0n) is 12.1. The predicted molar refractivity (Wildman–Crippen MR) is 90.7 cm³/mol. The van der Waals surface area contributed by atoms with Crippen LogP contribution in [0.5, 0.6) is 5.75 Å². The summed E-state index contributed by atoms with van der Waals surface area (Å²) in [6, 6.07) is 21.2. The molecule has 0 spiro atoms. The van der Waals surface area contributed by atoms with E-state index in [1.54, 1.807) is 7.11 Å². The van der Waals surface area contributed by atoms with Crippen LogP contribution in [0.3, 0.4) is 0 Å². The zero-order chi connectivity index (χ0) is 15.4. The number of ether oxygens (including phenoxy) is 1. The molecule has 0 radical (unpaired) electrons. The van der Waals surface area contributed by atoms with Gasteiger partial charge in [0.05, 0.1) is 17.7 Å². The van der Waals surface area contributed by atoms with E-state index in [4.69, 9.17) is 4.74 Å². The third kappa shape index (κ3) is 3.02. The Morgan fingerprint density at radius 2 is 1.68 bits per heavy atom. The first-order valence-corrected chi connectivity index (χ1v) is 7.69. The predicted octanol–water partition coefficient (Wildman–Crippen LogP) is 4.68. The van der Waals surface area contributed by atoms with Crippen molar-refractivity contribution in [3.05, 3.63) is 71.6 Å². The average molecular weight is 309 g/mol. The van der Waals surface area contributed by atoms with Crippen LogP contribution in [0.15, 0.2) is 66.7 Å². The largest absolute Gasteiger partial charge is 0.495 e. The van der Waals surface area contributed by atoms with Crippen molar-refractivity contribution < 1.29 is 9.53 Å². The highest BCUT2D eigenvalue weighted by molar-refractivity contribution is 7.17. The van der Waals surface area contributed by atoms with E-state index in [0.717, 1.165) is 10.4 Å². The van der Waals surface area contributed by atoms with Gasteiger partial charge < -0.3 is 10.1 Å². The lowest BCUT2D eigenvalue weighted by Gasteiger charge is -2.08. The van der Waals surface area contributed by atoms with E-state index in [1.807, 2.05) is 66.7 Å². The molecule has 0 saturated heterocycles. The third-order valence-electron chi connectivity index (χ3n) is 3.24. The van der Waals surface area contributed by atoms with Gasteiger partial charge in [0.25, 0.3) is 5.91 Å². The minimum absolute atomic E-state index is 0.128. The Bertz CT molecular complexity index is 781. The molecule has 1 aromatic heterocycles. The van der Waals surface area contributed by atoms with Gasteiger partial charge in [-0.3, -0.25) is 4.79 Å². The number of rotatable bonds is 4. The Hall–Kier alpha value is -2.59. The molecule has 0 bridgehead atoms. The second-order valence-electron chi connectivity index (χ2n) is 4.68. The fraction of sp³-hybridized carbons (Fsp3) is 0.0556. The van der Waals surface area contributed by atoms with E-state index >= 15 is 0 Å². The number of nitrogens with one attached hydrogen (secondary N) is 1. The summed E-state index contributed by atoms with van der Waals surface area (Å²) in [7, 11) is 1.59. The van der Waals surface area contributed by atoms with Gasteiger partial charge in [0, 0.05) is 4.88 Å². The Kier molecular flexibility index (Phi) is 4.21. The fourth-order valence-corrected chi connectivity index (χ4v) is 3.06. The van der Waals surface area contributed by atoms with Crippen molar-refractivity contribution in [3.8, 4) is 16.2 Å². The Morgan fingerprint density at radius 1 is 0.955 bits per heavy atom. The summed E-state index contributed by atoms with van der Waals surface area (Å²) in [5.41, 5.74) is 1.79. The second kappa shape index (κ2) is 6.45. The highest BCUT2D eigenvalue weighted by atomic mass is 32.1. The molecule has 3 aromatic rings. The van der Waals surface area contributed by atoms with Crippen LogP contribution >= 0.6 is 11.3 Å². The van der Waals surface area contributed by atoms with Gasteiger partial charge in [0.1, 0.15) is 5.75 Å². The molecule has 4 heteroatoms. The fourth-order valence-electron chi connectivity index (χ4n) is 2.15. The topological polar surface area (TPSA) is 38.3 Å². The molecular formula is C18H15NO2S. The normalized spacial score (nSPS) is 10.2. The average Bonchev–Trinajstić information content (AvgIpc) is 3.06. The van der Waals surface area contributed by atoms with Crippen LogP contribution in [0.4, 0.5) is 5.69 Å². The Labute approximate surface area is 133 Å². The number of benzene rings is 2. The quantitative estimate of drug-likeness (QED) is 0.760. The molecule has 1 N–H and O–H groups in total. The Balaban J connectivity index is 1.80. The van der Waals surface area contributed by atoms with Gasteiger partial charge in [0.15, 0.2) is 0 Å². The number of anilines is 1. The number of para-hydroxylation sites is 2. The van der Waals surface area contributed by atoms with Crippen molar-refractivity contribution in [2.24, 2.45) is 0 Å². The monoisotopic (exact) mass is 309 g/mol. The number of amides is 1. The summed E-state index contributed by atoms with van der Waals surface area (Å²) >= 11 is 1.47. The smallest absolute Gasteiger partial charge is 0.265 e. The van der Waals surface area contributed by atoms with Crippen LogP contribution in [0.2, 0.25) is 0 Å². The van der Waals surface area contributed by atoms with Crippen molar-refractivity contribution in [3.63, 3.8) is 0 Å². The first-order valence-electron chi connectivity index (χ1n) is 6.87. The molecule has 1 amide bonds. The summed E-state index contributed by atoms with van der Waals surface area (Å²) in [5.74, 6) is 0.521. The number of methoxy groups -OCH3 is 1. The van der Waals surface area contributed by atoms with Gasteiger partial charge in [-0.25, -0.2) is 0 Å². The molecule has 3 rings (SSSR count). The number of carbonyl (C=O) groups is 1. The van der Waals surface area contributed by atoms with E-state index < -0.39 is 0 Å². The van der Waals surface area contributed by atoms with Gasteiger partial charge in [0.2, 0.25) is 0 Å². The number of hydrogen-bond acceptors (Lipinski definition) is 3. The minimum Gasteiger partial charge on any atom is -0.495 e. The molecular weight excluding hydrogens is 294 g/mol. The lowest BCUT2D eigenvalue weighted by atomic mass is 10.2. The van der Waals surface area contributed by atoms with E-state index in [9.17, 15) is 4.79 Å². The summed E-state index contributed by atoms with van der Waals surface area (Å²) in [6.07, 6.45) is 0. The number of hydrogen-bond donors (Lipinski definition) is 1. The molecule has 0 aliphatic rings. The molecule has 2 aromatic carbocycles. The summed E-state index contributed by atoms with van der Waals surface area (Å²) in [5, 5.41) is 2.89. The van der Waals surface area contributed by atoms with Crippen LogP contribution in [0.25, 0.3) is 10.4 Å². The molecule has 0 unspecified atom stereocenters. The van der Waals surface area contributed by atoms with Crippen molar-refractivity contribution in [1.82, 2.24) is 0 Å².